The summed E-state index contributed by atoms with van der Waals surface area (Å²) >= 11 is 0. The molecule has 0 bridgehead atoms. The van der Waals surface area contributed by atoms with Gasteiger partial charge in [0, 0.05) is 18.5 Å². The predicted octanol–water partition coefficient (Wildman–Crippen LogP) is 5.53. The molecule has 1 amide bonds. The summed E-state index contributed by atoms with van der Waals surface area (Å²) in [6.07, 6.45) is 2.58. The Morgan fingerprint density at radius 1 is 1.00 bits per heavy atom. The summed E-state index contributed by atoms with van der Waals surface area (Å²) in [6, 6.07) is 21.5. The van der Waals surface area contributed by atoms with Crippen LogP contribution in [0.25, 0.3) is 11.8 Å². The molecule has 0 fully saturated rings. The molecule has 0 unspecified atom stereocenters. The van der Waals surface area contributed by atoms with E-state index in [0.717, 1.165) is 17.2 Å². The van der Waals surface area contributed by atoms with Crippen LogP contribution in [-0.2, 0) is 27.4 Å². The highest BCUT2D eigenvalue weighted by molar-refractivity contribution is 5.92. The van der Waals surface area contributed by atoms with E-state index in [1.54, 1.807) is 65.8 Å². The fourth-order valence-electron chi connectivity index (χ4n) is 3.83. The number of hydrogen-bond acceptors (Lipinski definition) is 5. The molecule has 1 aromatic heterocycles. The molecule has 1 heterocycles. The zero-order chi connectivity index (χ0) is 27.8. The molecule has 7 nitrogen and oxygen atoms in total. The van der Waals surface area contributed by atoms with Gasteiger partial charge in [0.15, 0.2) is 0 Å². The van der Waals surface area contributed by atoms with Crippen molar-refractivity contribution in [1.82, 2.24) is 14.6 Å². The summed E-state index contributed by atoms with van der Waals surface area (Å²) < 4.78 is 46.2. The fraction of sp³-hybridized carbons (Fsp3) is 0.138. The van der Waals surface area contributed by atoms with Gasteiger partial charge in [-0.05, 0) is 46.9 Å². The molecule has 0 spiro atoms. The summed E-state index contributed by atoms with van der Waals surface area (Å²) in [5, 5.41) is 0.410. The van der Waals surface area contributed by atoms with Gasteiger partial charge in [-0.1, -0.05) is 60.7 Å². The second-order valence-electron chi connectivity index (χ2n) is 8.42. The Morgan fingerprint density at radius 3 is 2.38 bits per heavy atom. The van der Waals surface area contributed by atoms with Gasteiger partial charge in [-0.3, -0.25) is 4.79 Å². The first-order chi connectivity index (χ1) is 18.7. The van der Waals surface area contributed by atoms with Crippen molar-refractivity contribution in [3.05, 3.63) is 120 Å². The Balaban J connectivity index is 1.58. The zero-order valence-corrected chi connectivity index (χ0v) is 20.8. The third-order valence-corrected chi connectivity index (χ3v) is 5.74. The van der Waals surface area contributed by atoms with Crippen LogP contribution in [0.1, 0.15) is 22.3 Å². The van der Waals surface area contributed by atoms with Crippen LogP contribution >= 0.6 is 0 Å². The van der Waals surface area contributed by atoms with E-state index >= 15 is 0 Å². The molecule has 0 N–H and O–H groups in total. The molecule has 10 heteroatoms. The van der Waals surface area contributed by atoms with Crippen molar-refractivity contribution in [3.63, 3.8) is 0 Å². The lowest BCUT2D eigenvalue weighted by atomic mass is 9.99. The topological polar surface area (TPSA) is 73.7 Å². The number of carbonyl (C=O) groups is 2. The number of alkyl halides is 3. The van der Waals surface area contributed by atoms with Crippen LogP contribution < -0.4 is 4.74 Å². The maximum atomic E-state index is 13.0. The lowest BCUT2D eigenvalue weighted by molar-refractivity contribution is -0.237. The number of aromatic nitrogens is 2. The molecule has 0 radical (unpaired) electrons. The fourth-order valence-corrected chi connectivity index (χ4v) is 3.83. The van der Waals surface area contributed by atoms with Crippen LogP contribution in [-0.4, -0.2) is 39.8 Å². The van der Waals surface area contributed by atoms with Crippen molar-refractivity contribution in [3.8, 4) is 11.4 Å². The number of carbonyl (C=O) groups excluding carboxylic acids is 2. The highest BCUT2D eigenvalue weighted by atomic mass is 19.4. The van der Waals surface area contributed by atoms with Crippen molar-refractivity contribution in [1.29, 1.82) is 0 Å². The Morgan fingerprint density at radius 2 is 1.72 bits per heavy atom. The number of rotatable bonds is 8. The third kappa shape index (κ3) is 7.13. The van der Waals surface area contributed by atoms with Crippen molar-refractivity contribution >= 4 is 18.0 Å². The molecule has 0 saturated heterocycles. The second-order valence-corrected chi connectivity index (χ2v) is 8.42. The molecular weight excluding hydrogens is 511 g/mol. The molecule has 3 aromatic carbocycles. The second kappa shape index (κ2) is 12.1. The first-order valence-corrected chi connectivity index (χ1v) is 11.8. The SMILES string of the molecule is COc1cc(/C=C/C(=O)N(Cc2ccccc2Cc2ccccc2)OC(=O)C(F)(F)F)ccc1-n1ccnc1. The van der Waals surface area contributed by atoms with E-state index < -0.39 is 18.1 Å². The minimum atomic E-state index is -5.28. The summed E-state index contributed by atoms with van der Waals surface area (Å²) in [5.41, 5.74) is 3.52. The lowest BCUT2D eigenvalue weighted by Crippen LogP contribution is -2.37. The number of hydroxylamine groups is 2. The molecule has 4 aromatic rings. The van der Waals surface area contributed by atoms with Gasteiger partial charge in [-0.15, -0.1) is 0 Å². The highest BCUT2D eigenvalue weighted by Crippen LogP contribution is 2.25. The lowest BCUT2D eigenvalue weighted by Gasteiger charge is -2.22. The Bertz CT molecular complexity index is 1450. The normalized spacial score (nSPS) is 11.4. The monoisotopic (exact) mass is 535 g/mol. The largest absolute Gasteiger partial charge is 0.495 e. The van der Waals surface area contributed by atoms with Crippen LogP contribution in [0, 0.1) is 0 Å². The number of methoxy groups -OCH3 is 1. The molecule has 39 heavy (non-hydrogen) atoms. The van der Waals surface area contributed by atoms with Gasteiger partial charge in [0.05, 0.1) is 25.7 Å². The highest BCUT2D eigenvalue weighted by Gasteiger charge is 2.43. The number of ether oxygens (including phenoxy) is 1. The molecule has 4 rings (SSSR count). The molecule has 200 valence electrons. The Hall–Kier alpha value is -4.86. The Kier molecular flexibility index (Phi) is 8.45. The van der Waals surface area contributed by atoms with Crippen molar-refractivity contribution < 1.29 is 32.3 Å². The van der Waals surface area contributed by atoms with E-state index in [4.69, 9.17) is 4.74 Å². The minimum Gasteiger partial charge on any atom is -0.495 e. The van der Waals surface area contributed by atoms with Crippen molar-refractivity contribution in [2.45, 2.75) is 19.1 Å². The maximum absolute atomic E-state index is 13.0. The maximum Gasteiger partial charge on any atom is 0.493 e. The predicted molar refractivity (Wildman–Crippen MR) is 138 cm³/mol. The summed E-state index contributed by atoms with van der Waals surface area (Å²) in [6.45, 7) is -0.378. The molecule has 0 atom stereocenters. The van der Waals surface area contributed by atoms with E-state index in [-0.39, 0.29) is 6.54 Å². The quantitative estimate of drug-likeness (QED) is 0.219. The minimum absolute atomic E-state index is 0.378. The molecule has 0 saturated carbocycles. The van der Waals surface area contributed by atoms with E-state index in [9.17, 15) is 22.8 Å². The summed E-state index contributed by atoms with van der Waals surface area (Å²) in [5.74, 6) is -2.95. The van der Waals surface area contributed by atoms with Gasteiger partial charge in [0.2, 0.25) is 0 Å². The van der Waals surface area contributed by atoms with Crippen LogP contribution in [0.2, 0.25) is 0 Å². The van der Waals surface area contributed by atoms with Crippen molar-refractivity contribution in [2.75, 3.05) is 7.11 Å². The molecular formula is C29H24F3N3O4. The van der Waals surface area contributed by atoms with Gasteiger partial charge in [0.1, 0.15) is 5.75 Å². The number of halogens is 3. The van der Waals surface area contributed by atoms with E-state index in [1.165, 1.54) is 13.2 Å². The number of amides is 1. The first kappa shape index (κ1) is 27.2. The standard InChI is InChI=1S/C29H24F3N3O4/c1-38-26-18-22(11-13-25(26)34-16-15-33-20-34)12-14-27(36)35(39-28(37)29(30,31)32)19-24-10-6-5-9-23(24)17-21-7-3-2-4-8-21/h2-16,18,20H,17,19H2,1H3/b14-12+. The average Bonchev–Trinajstić information content (AvgIpc) is 3.47. The third-order valence-electron chi connectivity index (χ3n) is 5.74. The average molecular weight is 536 g/mol. The molecule has 0 aliphatic rings. The van der Waals surface area contributed by atoms with Gasteiger partial charge < -0.3 is 14.1 Å². The van der Waals surface area contributed by atoms with Crippen molar-refractivity contribution in [2.24, 2.45) is 0 Å². The van der Waals surface area contributed by atoms with Gasteiger partial charge >= 0.3 is 12.1 Å². The smallest absolute Gasteiger partial charge is 0.493 e. The van der Waals surface area contributed by atoms with Crippen LogP contribution in [0.5, 0.6) is 5.75 Å². The Labute approximate surface area is 222 Å². The van der Waals surface area contributed by atoms with E-state index in [1.807, 2.05) is 30.3 Å². The first-order valence-electron chi connectivity index (χ1n) is 11.8. The summed E-state index contributed by atoms with van der Waals surface area (Å²) in [4.78, 5) is 33.2. The number of imidazole rings is 1. The molecule has 0 aliphatic carbocycles. The number of benzene rings is 3. The van der Waals surface area contributed by atoms with Gasteiger partial charge in [-0.2, -0.15) is 18.2 Å². The van der Waals surface area contributed by atoms with Crippen LogP contribution in [0.15, 0.2) is 97.6 Å². The zero-order valence-electron chi connectivity index (χ0n) is 20.8. The van der Waals surface area contributed by atoms with Gasteiger partial charge in [-0.25, -0.2) is 9.78 Å². The van der Waals surface area contributed by atoms with E-state index in [2.05, 4.69) is 9.82 Å². The van der Waals surface area contributed by atoms with E-state index in [0.29, 0.717) is 34.0 Å². The van der Waals surface area contributed by atoms with Crippen LogP contribution in [0.4, 0.5) is 13.2 Å². The summed E-state index contributed by atoms with van der Waals surface area (Å²) in [7, 11) is 1.49. The van der Waals surface area contributed by atoms with Gasteiger partial charge in [0.25, 0.3) is 5.91 Å². The number of nitrogens with zero attached hydrogens (tertiary/aromatic N) is 3. The molecule has 0 aliphatic heterocycles. The number of hydrogen-bond donors (Lipinski definition) is 0. The van der Waals surface area contributed by atoms with Crippen LogP contribution in [0.3, 0.4) is 0 Å².